The lowest BCUT2D eigenvalue weighted by Gasteiger charge is -2.16. The lowest BCUT2D eigenvalue weighted by atomic mass is 10.1. The summed E-state index contributed by atoms with van der Waals surface area (Å²) in [6, 6.07) is 3.86. The van der Waals surface area contributed by atoms with Crippen LogP contribution in [0.5, 0.6) is 5.75 Å². The molecule has 21 heavy (non-hydrogen) atoms. The molecule has 8 heteroatoms. The number of nitrogens with zero attached hydrogens (tertiary/aromatic N) is 2. The number of phenols is 1. The molecular weight excluding hydrogens is 280 g/mol. The molecule has 2 rings (SSSR count). The second-order valence-corrected chi connectivity index (χ2v) is 4.69. The van der Waals surface area contributed by atoms with E-state index in [0.29, 0.717) is 13.1 Å². The summed E-state index contributed by atoms with van der Waals surface area (Å²) in [6.07, 6.45) is -0.528. The lowest BCUT2D eigenvalue weighted by Crippen LogP contribution is -2.30. The van der Waals surface area contributed by atoms with Crippen LogP contribution in [0.3, 0.4) is 0 Å². The average molecular weight is 296 g/mol. The molecule has 114 valence electrons. The Labute approximate surface area is 121 Å². The molecule has 2 unspecified atom stereocenters. The van der Waals surface area contributed by atoms with Crippen molar-refractivity contribution >= 4 is 11.6 Å². The first-order valence-electron chi connectivity index (χ1n) is 6.30. The highest BCUT2D eigenvalue weighted by molar-refractivity contribution is 5.98. The minimum atomic E-state index is -0.730. The largest absolute Gasteiger partial charge is 0.502 e. The number of rotatable bonds is 4. The third-order valence-electron chi connectivity index (χ3n) is 3.55. The first-order chi connectivity index (χ1) is 9.99. The molecule has 0 radical (unpaired) electrons. The van der Waals surface area contributed by atoms with Gasteiger partial charge in [0.05, 0.1) is 10.5 Å². The minimum absolute atomic E-state index is 0.101. The Balaban J connectivity index is 2.26. The highest BCUT2D eigenvalue weighted by atomic mass is 16.6. The Morgan fingerprint density at radius 1 is 1.33 bits per heavy atom. The van der Waals surface area contributed by atoms with Crippen molar-refractivity contribution in [3.05, 3.63) is 33.9 Å². The van der Waals surface area contributed by atoms with Crippen LogP contribution in [0.15, 0.2) is 18.2 Å². The third kappa shape index (κ3) is 2.81. The summed E-state index contributed by atoms with van der Waals surface area (Å²) in [6.45, 7) is 0.603. The van der Waals surface area contributed by atoms with Crippen molar-refractivity contribution in [1.82, 2.24) is 4.90 Å². The van der Waals surface area contributed by atoms with E-state index in [1.54, 1.807) is 0 Å². The summed E-state index contributed by atoms with van der Waals surface area (Å²) < 4.78 is 10.5. The number of nitro groups is 1. The highest BCUT2D eigenvalue weighted by Crippen LogP contribution is 2.31. The van der Waals surface area contributed by atoms with Crippen molar-refractivity contribution in [2.75, 3.05) is 27.3 Å². The molecule has 1 fully saturated rings. The van der Waals surface area contributed by atoms with E-state index in [-0.39, 0.29) is 17.8 Å². The fraction of sp³-hybridized carbons (Fsp3) is 0.462. The smallest absolute Gasteiger partial charge is 0.311 e. The second-order valence-electron chi connectivity index (χ2n) is 4.69. The Bertz CT molecular complexity index is 550. The third-order valence-corrected chi connectivity index (χ3v) is 3.55. The summed E-state index contributed by atoms with van der Waals surface area (Å²) in [4.78, 5) is 23.9. The van der Waals surface area contributed by atoms with Crippen molar-refractivity contribution in [3.63, 3.8) is 0 Å². The van der Waals surface area contributed by atoms with E-state index >= 15 is 0 Å². The van der Waals surface area contributed by atoms with Gasteiger partial charge in [0.15, 0.2) is 0 Å². The number of amides is 1. The van der Waals surface area contributed by atoms with Crippen molar-refractivity contribution in [1.29, 1.82) is 0 Å². The number of hydrogen-bond acceptors (Lipinski definition) is 6. The number of methoxy groups -OCH3 is 2. The summed E-state index contributed by atoms with van der Waals surface area (Å²) >= 11 is 0. The van der Waals surface area contributed by atoms with E-state index in [2.05, 4.69) is 0 Å². The maximum absolute atomic E-state index is 12.4. The number of nitro benzene ring substituents is 1. The topological polar surface area (TPSA) is 102 Å². The van der Waals surface area contributed by atoms with Gasteiger partial charge in [0.25, 0.3) is 5.91 Å². The zero-order valence-electron chi connectivity index (χ0n) is 11.7. The molecule has 1 heterocycles. The molecule has 8 nitrogen and oxygen atoms in total. The maximum Gasteiger partial charge on any atom is 0.311 e. The standard InChI is InChI=1S/C13H16N2O6/c1-20-10-6-14(7-11(10)21-2)13(17)8-4-3-5-9(12(8)16)15(18)19/h3-5,10-11,16H,6-7H2,1-2H3. The van der Waals surface area contributed by atoms with Gasteiger partial charge >= 0.3 is 5.69 Å². The molecule has 1 N–H and O–H groups in total. The van der Waals surface area contributed by atoms with Gasteiger partial charge in [0.1, 0.15) is 12.2 Å². The number of para-hydroxylation sites is 1. The number of carbonyl (C=O) groups is 1. The van der Waals surface area contributed by atoms with Gasteiger partial charge in [0, 0.05) is 33.4 Å². The van der Waals surface area contributed by atoms with Gasteiger partial charge in [0.2, 0.25) is 5.75 Å². The Hall–Kier alpha value is -2.19. The normalized spacial score (nSPS) is 21.5. The highest BCUT2D eigenvalue weighted by Gasteiger charge is 2.37. The van der Waals surface area contributed by atoms with Gasteiger partial charge in [-0.15, -0.1) is 0 Å². The Kier molecular flexibility index (Phi) is 4.39. The van der Waals surface area contributed by atoms with E-state index in [1.165, 1.54) is 31.3 Å². The van der Waals surface area contributed by atoms with Crippen molar-refractivity contribution < 1.29 is 24.3 Å². The van der Waals surface area contributed by atoms with Crippen LogP contribution in [0.1, 0.15) is 10.4 Å². The van der Waals surface area contributed by atoms with Crippen LogP contribution in [0.4, 0.5) is 5.69 Å². The molecular formula is C13H16N2O6. The molecule has 0 aromatic heterocycles. The summed E-state index contributed by atoms with van der Waals surface area (Å²) in [7, 11) is 3.05. The number of benzene rings is 1. The summed E-state index contributed by atoms with van der Waals surface area (Å²) in [5.74, 6) is -1.11. The SMILES string of the molecule is COC1CN(C(=O)c2cccc([N+](=O)[O-])c2O)CC1OC. The number of likely N-dealkylation sites (tertiary alicyclic amines) is 1. The fourth-order valence-corrected chi connectivity index (χ4v) is 2.38. The van der Waals surface area contributed by atoms with Crippen LogP contribution in [0, 0.1) is 10.1 Å². The number of aromatic hydroxyl groups is 1. The maximum atomic E-state index is 12.4. The molecule has 2 atom stereocenters. The second kappa shape index (κ2) is 6.06. The molecule has 1 aliphatic heterocycles. The van der Waals surface area contributed by atoms with Crippen LogP contribution in [-0.2, 0) is 9.47 Å². The number of hydrogen-bond donors (Lipinski definition) is 1. The van der Waals surface area contributed by atoms with Gasteiger partial charge in [-0.1, -0.05) is 6.07 Å². The monoisotopic (exact) mass is 296 g/mol. The first kappa shape index (κ1) is 15.2. The lowest BCUT2D eigenvalue weighted by molar-refractivity contribution is -0.385. The van der Waals surface area contributed by atoms with E-state index in [9.17, 15) is 20.0 Å². The molecule has 1 saturated heterocycles. The quantitative estimate of drug-likeness (QED) is 0.651. The van der Waals surface area contributed by atoms with E-state index in [1.807, 2.05) is 0 Å². The van der Waals surface area contributed by atoms with Crippen LogP contribution in [0.2, 0.25) is 0 Å². The van der Waals surface area contributed by atoms with Crippen LogP contribution in [-0.4, -0.2) is 60.4 Å². The molecule has 1 aliphatic rings. The average Bonchev–Trinajstić information content (AvgIpc) is 2.89. The fourth-order valence-electron chi connectivity index (χ4n) is 2.38. The molecule has 0 aliphatic carbocycles. The number of carbonyl (C=O) groups excluding carboxylic acids is 1. The first-order valence-corrected chi connectivity index (χ1v) is 6.30. The van der Waals surface area contributed by atoms with Gasteiger partial charge in [-0.25, -0.2) is 0 Å². The van der Waals surface area contributed by atoms with Crippen LogP contribution < -0.4 is 0 Å². The Morgan fingerprint density at radius 2 is 1.90 bits per heavy atom. The number of ether oxygens (including phenoxy) is 2. The van der Waals surface area contributed by atoms with Gasteiger partial charge < -0.3 is 19.5 Å². The van der Waals surface area contributed by atoms with Gasteiger partial charge in [-0.05, 0) is 6.07 Å². The molecule has 0 bridgehead atoms. The minimum Gasteiger partial charge on any atom is -0.502 e. The van der Waals surface area contributed by atoms with Crippen molar-refractivity contribution in [2.24, 2.45) is 0 Å². The molecule has 0 saturated carbocycles. The molecule has 1 aromatic rings. The molecule has 1 amide bonds. The van der Waals surface area contributed by atoms with Crippen LogP contribution >= 0.6 is 0 Å². The van der Waals surface area contributed by atoms with E-state index < -0.39 is 22.3 Å². The molecule has 0 spiro atoms. The predicted octanol–water partition coefficient (Wildman–Crippen LogP) is 0.786. The Morgan fingerprint density at radius 3 is 2.38 bits per heavy atom. The zero-order valence-corrected chi connectivity index (χ0v) is 11.7. The van der Waals surface area contributed by atoms with E-state index in [0.717, 1.165) is 6.07 Å². The van der Waals surface area contributed by atoms with Crippen molar-refractivity contribution in [2.45, 2.75) is 12.2 Å². The number of phenolic OH excluding ortho intramolecular Hbond substituents is 1. The summed E-state index contributed by atoms with van der Waals surface area (Å²) in [5.41, 5.74) is -0.595. The van der Waals surface area contributed by atoms with Crippen molar-refractivity contribution in [3.8, 4) is 5.75 Å². The molecule has 1 aromatic carbocycles. The predicted molar refractivity (Wildman–Crippen MR) is 72.3 cm³/mol. The zero-order chi connectivity index (χ0) is 15.6. The van der Waals surface area contributed by atoms with Crippen LogP contribution in [0.25, 0.3) is 0 Å². The van der Waals surface area contributed by atoms with E-state index in [4.69, 9.17) is 9.47 Å². The summed E-state index contributed by atoms with van der Waals surface area (Å²) in [5, 5.41) is 20.7. The van der Waals surface area contributed by atoms with Gasteiger partial charge in [-0.2, -0.15) is 0 Å². The van der Waals surface area contributed by atoms with Gasteiger partial charge in [-0.3, -0.25) is 14.9 Å².